The van der Waals surface area contributed by atoms with E-state index >= 15 is 0 Å². The Morgan fingerprint density at radius 2 is 2.00 bits per heavy atom. The Labute approximate surface area is 109 Å². The molecule has 0 saturated carbocycles. The molecule has 1 aromatic carbocycles. The second-order valence-electron chi connectivity index (χ2n) is 3.66. The van der Waals surface area contributed by atoms with Crippen molar-refractivity contribution in [3.05, 3.63) is 35.9 Å². The molecular weight excluding hydrogens is 250 g/mol. The molecule has 0 bridgehead atoms. The van der Waals surface area contributed by atoms with E-state index in [1.54, 1.807) is 0 Å². The Hall–Kier alpha value is -1.82. The lowest BCUT2D eigenvalue weighted by molar-refractivity contribution is -0.138. The van der Waals surface area contributed by atoms with E-state index in [9.17, 15) is 9.59 Å². The van der Waals surface area contributed by atoms with Gasteiger partial charge in [-0.2, -0.15) is 0 Å². The van der Waals surface area contributed by atoms with Gasteiger partial charge in [-0.1, -0.05) is 42.1 Å². The lowest BCUT2D eigenvalue weighted by Crippen LogP contribution is -2.41. The minimum atomic E-state index is -0.668. The Balaban J connectivity index is 1.79. The number of thioether (sulfide) groups is 1. The van der Waals surface area contributed by atoms with Crippen LogP contribution in [0.15, 0.2) is 35.3 Å². The van der Waals surface area contributed by atoms with Crippen molar-refractivity contribution in [2.45, 2.75) is 6.54 Å². The van der Waals surface area contributed by atoms with Crippen LogP contribution in [0.1, 0.15) is 5.56 Å². The Kier molecular flexibility index (Phi) is 4.35. The average molecular weight is 263 g/mol. The summed E-state index contributed by atoms with van der Waals surface area (Å²) in [5, 5.41) is 5.56. The van der Waals surface area contributed by atoms with Gasteiger partial charge >= 0.3 is 11.8 Å². The zero-order valence-electron chi connectivity index (χ0n) is 9.68. The highest BCUT2D eigenvalue weighted by molar-refractivity contribution is 8.14. The number of amidine groups is 1. The number of hydrogen-bond acceptors (Lipinski definition) is 4. The number of aliphatic imine (C=N–C) groups is 1. The van der Waals surface area contributed by atoms with Crippen molar-refractivity contribution in [1.29, 1.82) is 0 Å². The number of nitrogens with zero attached hydrogens (tertiary/aromatic N) is 1. The smallest absolute Gasteiger partial charge is 0.315 e. The molecule has 94 valence electrons. The third-order valence-electron chi connectivity index (χ3n) is 2.31. The van der Waals surface area contributed by atoms with Crippen LogP contribution < -0.4 is 10.6 Å². The summed E-state index contributed by atoms with van der Waals surface area (Å²) in [6, 6.07) is 9.43. The SMILES string of the molecule is O=C(NCc1ccccc1)C(=O)NC1=NCCS1. The standard InChI is InChI=1S/C12H13N3O2S/c16-10(11(17)15-12-13-6-7-18-12)14-8-9-4-2-1-3-5-9/h1-5H,6-8H2,(H,14,16)(H,13,15,17). The van der Waals surface area contributed by atoms with Crippen LogP contribution in [-0.2, 0) is 16.1 Å². The van der Waals surface area contributed by atoms with E-state index in [1.807, 2.05) is 30.3 Å². The molecule has 1 heterocycles. The number of carbonyl (C=O) groups excluding carboxylic acids is 2. The van der Waals surface area contributed by atoms with Crippen LogP contribution in [0.4, 0.5) is 0 Å². The van der Waals surface area contributed by atoms with Crippen molar-refractivity contribution in [1.82, 2.24) is 10.6 Å². The van der Waals surface area contributed by atoms with Gasteiger partial charge in [0.05, 0.1) is 6.54 Å². The van der Waals surface area contributed by atoms with Gasteiger partial charge in [0.15, 0.2) is 5.17 Å². The first-order valence-electron chi connectivity index (χ1n) is 5.56. The second-order valence-corrected chi connectivity index (χ2v) is 4.74. The fourth-order valence-corrected chi connectivity index (χ4v) is 2.15. The van der Waals surface area contributed by atoms with Gasteiger partial charge < -0.3 is 5.32 Å². The number of rotatable bonds is 2. The van der Waals surface area contributed by atoms with Gasteiger partial charge in [-0.15, -0.1) is 0 Å². The van der Waals surface area contributed by atoms with Crippen LogP contribution in [0.2, 0.25) is 0 Å². The summed E-state index contributed by atoms with van der Waals surface area (Å²) in [6.07, 6.45) is 0. The maximum Gasteiger partial charge on any atom is 0.315 e. The molecule has 1 aliphatic rings. The number of amides is 2. The molecule has 1 aliphatic heterocycles. The van der Waals surface area contributed by atoms with Gasteiger partial charge in [0.2, 0.25) is 0 Å². The van der Waals surface area contributed by atoms with Gasteiger partial charge in [0, 0.05) is 12.3 Å². The van der Waals surface area contributed by atoms with E-state index in [2.05, 4.69) is 15.6 Å². The highest BCUT2D eigenvalue weighted by atomic mass is 32.2. The minimum Gasteiger partial charge on any atom is -0.344 e. The normalized spacial score (nSPS) is 13.9. The lowest BCUT2D eigenvalue weighted by atomic mass is 10.2. The minimum absolute atomic E-state index is 0.340. The summed E-state index contributed by atoms with van der Waals surface area (Å²) in [4.78, 5) is 27.1. The molecular formula is C12H13N3O2S. The summed E-state index contributed by atoms with van der Waals surface area (Å²) in [6.45, 7) is 1.03. The predicted molar refractivity (Wildman–Crippen MR) is 71.2 cm³/mol. The number of hydrogen-bond donors (Lipinski definition) is 2. The highest BCUT2D eigenvalue weighted by Crippen LogP contribution is 2.08. The van der Waals surface area contributed by atoms with Crippen LogP contribution in [-0.4, -0.2) is 29.3 Å². The quantitative estimate of drug-likeness (QED) is 0.764. The molecule has 0 radical (unpaired) electrons. The molecule has 0 saturated heterocycles. The maximum atomic E-state index is 11.5. The summed E-state index contributed by atoms with van der Waals surface area (Å²) in [5.74, 6) is -0.463. The molecule has 0 fully saturated rings. The fraction of sp³-hybridized carbons (Fsp3) is 0.250. The topological polar surface area (TPSA) is 70.6 Å². The van der Waals surface area contributed by atoms with Crippen molar-refractivity contribution >= 4 is 28.7 Å². The zero-order chi connectivity index (χ0) is 12.8. The van der Waals surface area contributed by atoms with Crippen molar-refractivity contribution < 1.29 is 9.59 Å². The van der Waals surface area contributed by atoms with Gasteiger partial charge in [0.25, 0.3) is 0 Å². The van der Waals surface area contributed by atoms with Crippen molar-refractivity contribution in [2.24, 2.45) is 4.99 Å². The summed E-state index contributed by atoms with van der Waals surface area (Å²) >= 11 is 1.44. The third-order valence-corrected chi connectivity index (χ3v) is 3.20. The van der Waals surface area contributed by atoms with E-state index in [1.165, 1.54) is 11.8 Å². The van der Waals surface area contributed by atoms with E-state index in [0.717, 1.165) is 11.3 Å². The predicted octanol–water partition coefficient (Wildman–Crippen LogP) is 0.522. The first-order valence-corrected chi connectivity index (χ1v) is 6.54. The van der Waals surface area contributed by atoms with Gasteiger partial charge in [0.1, 0.15) is 0 Å². The molecule has 0 aliphatic carbocycles. The van der Waals surface area contributed by atoms with Gasteiger partial charge in [-0.25, -0.2) is 0 Å². The first-order chi connectivity index (χ1) is 8.75. The molecule has 2 amide bonds. The molecule has 2 rings (SSSR count). The van der Waals surface area contributed by atoms with E-state index in [-0.39, 0.29) is 0 Å². The summed E-state index contributed by atoms with van der Waals surface area (Å²) in [5.41, 5.74) is 0.950. The number of benzene rings is 1. The number of carbonyl (C=O) groups is 2. The fourth-order valence-electron chi connectivity index (χ4n) is 1.42. The molecule has 5 nitrogen and oxygen atoms in total. The first kappa shape index (κ1) is 12.6. The molecule has 6 heteroatoms. The van der Waals surface area contributed by atoms with Crippen LogP contribution in [0.5, 0.6) is 0 Å². The molecule has 0 atom stereocenters. The Morgan fingerprint density at radius 1 is 1.22 bits per heavy atom. The molecule has 0 spiro atoms. The van der Waals surface area contributed by atoms with E-state index in [0.29, 0.717) is 18.3 Å². The van der Waals surface area contributed by atoms with E-state index in [4.69, 9.17) is 0 Å². The van der Waals surface area contributed by atoms with E-state index < -0.39 is 11.8 Å². The molecule has 18 heavy (non-hydrogen) atoms. The maximum absolute atomic E-state index is 11.5. The monoisotopic (exact) mass is 263 g/mol. The van der Waals surface area contributed by atoms with Crippen molar-refractivity contribution in [3.8, 4) is 0 Å². The lowest BCUT2D eigenvalue weighted by Gasteiger charge is -2.05. The van der Waals surface area contributed by atoms with Gasteiger partial charge in [-0.3, -0.25) is 19.9 Å². The molecule has 0 unspecified atom stereocenters. The summed E-state index contributed by atoms with van der Waals surface area (Å²) in [7, 11) is 0. The Bertz CT molecular complexity index is 473. The van der Waals surface area contributed by atoms with Crippen molar-refractivity contribution in [2.75, 3.05) is 12.3 Å². The molecule has 1 aromatic rings. The van der Waals surface area contributed by atoms with Crippen LogP contribution in [0, 0.1) is 0 Å². The van der Waals surface area contributed by atoms with Crippen LogP contribution in [0.25, 0.3) is 0 Å². The second kappa shape index (κ2) is 6.20. The summed E-state index contributed by atoms with van der Waals surface area (Å²) < 4.78 is 0. The Morgan fingerprint density at radius 3 is 2.67 bits per heavy atom. The molecule has 2 N–H and O–H groups in total. The largest absolute Gasteiger partial charge is 0.344 e. The average Bonchev–Trinajstić information content (AvgIpc) is 2.90. The van der Waals surface area contributed by atoms with Crippen LogP contribution in [0.3, 0.4) is 0 Å². The highest BCUT2D eigenvalue weighted by Gasteiger charge is 2.17. The third kappa shape index (κ3) is 3.59. The van der Waals surface area contributed by atoms with Crippen LogP contribution >= 0.6 is 11.8 Å². The molecule has 0 aromatic heterocycles. The van der Waals surface area contributed by atoms with Crippen molar-refractivity contribution in [3.63, 3.8) is 0 Å². The van der Waals surface area contributed by atoms with Gasteiger partial charge in [-0.05, 0) is 5.56 Å². The number of nitrogens with one attached hydrogen (secondary N) is 2. The zero-order valence-corrected chi connectivity index (χ0v) is 10.5.